The second kappa shape index (κ2) is 7.76. The zero-order valence-corrected chi connectivity index (χ0v) is 12.8. The summed E-state index contributed by atoms with van der Waals surface area (Å²) < 4.78 is 0. The Morgan fingerprint density at radius 2 is 1.67 bits per heavy atom. The summed E-state index contributed by atoms with van der Waals surface area (Å²) in [6.45, 7) is 1.62. The molecule has 21 heavy (non-hydrogen) atoms. The predicted molar refractivity (Wildman–Crippen MR) is 91.3 cm³/mol. The molecule has 0 bridgehead atoms. The highest BCUT2D eigenvalue weighted by atomic mass is 32.1. The first-order valence-electron chi connectivity index (χ1n) is 6.78. The molecular formula is C17H19NO2S. The summed E-state index contributed by atoms with van der Waals surface area (Å²) in [6, 6.07) is 19.2. The molecule has 2 rings (SSSR count). The van der Waals surface area contributed by atoms with Crippen LogP contribution in [0.3, 0.4) is 0 Å². The minimum atomic E-state index is -0.308. The zero-order chi connectivity index (χ0) is 15.1. The zero-order valence-electron chi connectivity index (χ0n) is 11.9. The van der Waals surface area contributed by atoms with Gasteiger partial charge in [0.25, 0.3) is 0 Å². The van der Waals surface area contributed by atoms with Gasteiger partial charge in [-0.3, -0.25) is 4.79 Å². The summed E-state index contributed by atoms with van der Waals surface area (Å²) in [5.74, 6) is -0.0832. The van der Waals surface area contributed by atoms with Crippen molar-refractivity contribution in [2.75, 3.05) is 5.32 Å². The van der Waals surface area contributed by atoms with Crippen molar-refractivity contribution in [2.24, 2.45) is 0 Å². The maximum atomic E-state index is 12.4. The number of carbonyl (C=O) groups is 1. The highest BCUT2D eigenvalue weighted by Crippen LogP contribution is 2.15. The number of thiol groups is 1. The molecule has 0 aliphatic rings. The molecule has 1 unspecified atom stereocenters. The van der Waals surface area contributed by atoms with Crippen LogP contribution in [0.15, 0.2) is 60.7 Å². The smallest absolute Gasteiger partial charge is 0.237 e. The Kier molecular flexibility index (Phi) is 5.72. The number of hydrogen-bond donors (Lipinski definition) is 3. The van der Waals surface area contributed by atoms with Crippen molar-refractivity contribution in [3.63, 3.8) is 0 Å². The Balaban J connectivity index is 2.12. The van der Waals surface area contributed by atoms with E-state index in [0.29, 0.717) is 17.8 Å². The molecule has 2 N–H and O–H groups in total. The average Bonchev–Trinajstić information content (AvgIpc) is 2.48. The van der Waals surface area contributed by atoms with Gasteiger partial charge in [-0.15, -0.1) is 0 Å². The Bertz CT molecular complexity index is 607. The highest BCUT2D eigenvalue weighted by Gasteiger charge is 2.17. The van der Waals surface area contributed by atoms with E-state index in [9.17, 15) is 9.90 Å². The number of aliphatic hydroxyl groups excluding tert-OH is 1. The number of amides is 1. The van der Waals surface area contributed by atoms with E-state index in [0.717, 1.165) is 11.3 Å². The molecule has 0 aromatic heterocycles. The van der Waals surface area contributed by atoms with Gasteiger partial charge in [0.15, 0.2) is 0 Å². The molecule has 2 aromatic rings. The third-order valence-electron chi connectivity index (χ3n) is 2.96. The van der Waals surface area contributed by atoms with Crippen LogP contribution in [-0.2, 0) is 11.2 Å². The lowest BCUT2D eigenvalue weighted by atomic mass is 10.1. The van der Waals surface area contributed by atoms with Gasteiger partial charge in [0.1, 0.15) is 0 Å². The molecule has 0 aliphatic heterocycles. The first-order valence-corrected chi connectivity index (χ1v) is 7.74. The number of benzene rings is 2. The molecule has 3 nitrogen and oxygen atoms in total. The lowest BCUT2D eigenvalue weighted by molar-refractivity contribution is -0.115. The van der Waals surface area contributed by atoms with Crippen molar-refractivity contribution < 1.29 is 9.90 Å². The summed E-state index contributed by atoms with van der Waals surface area (Å²) >= 11 is 0.640. The molecule has 1 amide bonds. The molecule has 0 heterocycles. The summed E-state index contributed by atoms with van der Waals surface area (Å²) in [7, 11) is 0. The summed E-state index contributed by atoms with van der Waals surface area (Å²) in [4.78, 5) is 12.4. The Morgan fingerprint density at radius 1 is 1.10 bits per heavy atom. The summed E-state index contributed by atoms with van der Waals surface area (Å²) in [5.41, 5.74) is 1.85. The highest BCUT2D eigenvalue weighted by molar-refractivity contribution is 7.99. The van der Waals surface area contributed by atoms with Gasteiger partial charge < -0.3 is 10.4 Å². The van der Waals surface area contributed by atoms with Gasteiger partial charge in [0, 0.05) is 5.69 Å². The number of rotatable bonds is 5. The van der Waals surface area contributed by atoms with Gasteiger partial charge in [-0.05, 0) is 31.0 Å². The fraction of sp³-hybridized carbons (Fsp3) is 0.176. The van der Waals surface area contributed by atoms with Crippen LogP contribution in [0.25, 0.3) is 0 Å². The Hall–Kier alpha value is -1.91. The van der Waals surface area contributed by atoms with Crippen LogP contribution in [-0.4, -0.2) is 21.3 Å². The third-order valence-corrected chi connectivity index (χ3v) is 4.06. The lowest BCUT2D eigenvalue weighted by Gasteiger charge is -2.14. The fourth-order valence-electron chi connectivity index (χ4n) is 2.01. The average molecular weight is 301 g/mol. The minimum absolute atomic E-state index is 0.0832. The van der Waals surface area contributed by atoms with Crippen LogP contribution < -0.4 is 5.32 Å². The molecule has 0 saturated carbocycles. The second-order valence-corrected chi connectivity index (χ2v) is 6.27. The van der Waals surface area contributed by atoms with Crippen molar-refractivity contribution >= 4 is 28.0 Å². The van der Waals surface area contributed by atoms with Crippen LogP contribution in [0.1, 0.15) is 12.5 Å². The molecule has 2 aromatic carbocycles. The quantitative estimate of drug-likeness (QED) is 0.585. The summed E-state index contributed by atoms with van der Waals surface area (Å²) in [6.07, 6.45) is 0.596. The number of nitrogens with one attached hydrogen (secondary N) is 1. The van der Waals surface area contributed by atoms with E-state index in [-0.39, 0.29) is 16.2 Å². The molecule has 0 spiro atoms. The molecule has 1 atom stereocenters. The number of aliphatic hydroxyl groups is 1. The second-order valence-electron chi connectivity index (χ2n) is 4.74. The first kappa shape index (κ1) is 15.5. The molecule has 4 heteroatoms. The normalized spacial score (nSPS) is 13.1. The largest absolute Gasteiger partial charge is 0.360 e. The molecular weight excluding hydrogens is 282 g/mol. The van der Waals surface area contributed by atoms with E-state index in [4.69, 9.17) is 0 Å². The van der Waals surface area contributed by atoms with Crippen LogP contribution in [0.5, 0.6) is 0 Å². The van der Waals surface area contributed by atoms with E-state index in [2.05, 4.69) is 5.32 Å². The monoisotopic (exact) mass is 301 g/mol. The van der Waals surface area contributed by atoms with Crippen molar-refractivity contribution in [1.29, 1.82) is 0 Å². The number of para-hydroxylation sites is 1. The standard InChI is InChI=1S/C17H19NO2S/c1-13(19)21-16(12-14-8-4-2-5-9-14)17(20)18-15-10-6-3-7-11-15/h2-11,16,19,21H,12H2,1H3,(H,18,20). The van der Waals surface area contributed by atoms with Crippen molar-refractivity contribution in [3.8, 4) is 0 Å². The van der Waals surface area contributed by atoms with Gasteiger partial charge in [0.05, 0.1) is 10.3 Å². The van der Waals surface area contributed by atoms with Crippen LogP contribution in [0.4, 0.5) is 5.69 Å². The number of hydrogen-bond acceptors (Lipinski definition) is 1. The van der Waals surface area contributed by atoms with Gasteiger partial charge in [-0.2, -0.15) is 11.4 Å². The van der Waals surface area contributed by atoms with Gasteiger partial charge >= 0.3 is 0 Å². The van der Waals surface area contributed by atoms with Crippen LogP contribution in [0, 0.1) is 0 Å². The maximum Gasteiger partial charge on any atom is 0.237 e. The number of carbonyl (C=O) groups excluding carboxylic acids is 1. The topological polar surface area (TPSA) is 49.3 Å². The lowest BCUT2D eigenvalue weighted by Crippen LogP contribution is -2.26. The third kappa shape index (κ3) is 5.17. The van der Waals surface area contributed by atoms with Gasteiger partial charge in [-0.25, -0.2) is 0 Å². The van der Waals surface area contributed by atoms with Gasteiger partial charge in [0.2, 0.25) is 5.91 Å². The van der Waals surface area contributed by atoms with E-state index >= 15 is 0 Å². The first-order chi connectivity index (χ1) is 10.1. The fourth-order valence-corrected chi connectivity index (χ4v) is 2.94. The SMILES string of the molecule is CC(O)=[SH]C(Cc1ccccc1)C(=O)Nc1ccccc1. The molecule has 0 saturated heterocycles. The predicted octanol–water partition coefficient (Wildman–Crippen LogP) is 3.41. The van der Waals surface area contributed by atoms with Crippen LogP contribution >= 0.6 is 11.4 Å². The van der Waals surface area contributed by atoms with E-state index in [1.54, 1.807) is 6.92 Å². The van der Waals surface area contributed by atoms with Crippen molar-refractivity contribution in [2.45, 2.75) is 18.6 Å². The molecule has 0 aliphatic carbocycles. The maximum absolute atomic E-state index is 12.4. The number of anilines is 1. The summed E-state index contributed by atoms with van der Waals surface area (Å²) in [5, 5.41) is 12.4. The minimum Gasteiger partial charge on any atom is -0.360 e. The van der Waals surface area contributed by atoms with Gasteiger partial charge in [-0.1, -0.05) is 48.5 Å². The Labute approximate surface area is 128 Å². The van der Waals surface area contributed by atoms with Crippen LogP contribution in [0.2, 0.25) is 0 Å². The molecule has 0 radical (unpaired) electrons. The van der Waals surface area contributed by atoms with E-state index in [1.807, 2.05) is 60.7 Å². The molecule has 0 fully saturated rings. The Morgan fingerprint density at radius 3 is 2.24 bits per heavy atom. The van der Waals surface area contributed by atoms with E-state index in [1.165, 1.54) is 0 Å². The van der Waals surface area contributed by atoms with Crippen molar-refractivity contribution in [3.05, 3.63) is 66.2 Å². The van der Waals surface area contributed by atoms with Crippen molar-refractivity contribution in [1.82, 2.24) is 0 Å². The molecule has 110 valence electrons. The van der Waals surface area contributed by atoms with E-state index < -0.39 is 0 Å².